The molecule has 1 aliphatic rings. The summed E-state index contributed by atoms with van der Waals surface area (Å²) in [6.07, 6.45) is 3.73. The molecule has 6 heteroatoms. The van der Waals surface area contributed by atoms with Crippen molar-refractivity contribution < 1.29 is 8.42 Å². The molecule has 4 nitrogen and oxygen atoms in total. The van der Waals surface area contributed by atoms with Crippen molar-refractivity contribution in [1.82, 2.24) is 10.0 Å². The van der Waals surface area contributed by atoms with Crippen LogP contribution in [0.3, 0.4) is 0 Å². The van der Waals surface area contributed by atoms with Crippen molar-refractivity contribution in [2.45, 2.75) is 42.7 Å². The Bertz CT molecular complexity index is 525. The van der Waals surface area contributed by atoms with Gasteiger partial charge in [0.05, 0.1) is 4.90 Å². The van der Waals surface area contributed by atoms with Gasteiger partial charge in [-0.1, -0.05) is 17.7 Å². The van der Waals surface area contributed by atoms with Gasteiger partial charge in [-0.15, -0.1) is 0 Å². The fraction of sp³-hybridized carbons (Fsp3) is 0.538. The fourth-order valence-corrected chi connectivity index (χ4v) is 4.03. The summed E-state index contributed by atoms with van der Waals surface area (Å²) in [5.74, 6) is 0. The van der Waals surface area contributed by atoms with Gasteiger partial charge in [-0.05, 0) is 50.9 Å². The molecular weight excluding hydrogens is 284 g/mol. The summed E-state index contributed by atoms with van der Waals surface area (Å²) in [6, 6.07) is 6.88. The Hall–Kier alpha value is -0.620. The lowest BCUT2D eigenvalue weighted by atomic mass is 9.92. The largest absolute Gasteiger partial charge is 0.317 e. The van der Waals surface area contributed by atoms with E-state index in [0.717, 1.165) is 25.7 Å². The average molecular weight is 303 g/mol. The van der Waals surface area contributed by atoms with Crippen molar-refractivity contribution >= 4 is 21.6 Å². The summed E-state index contributed by atoms with van der Waals surface area (Å²) >= 11 is 5.83. The first-order valence-electron chi connectivity index (χ1n) is 6.46. The van der Waals surface area contributed by atoms with E-state index in [9.17, 15) is 8.42 Å². The minimum absolute atomic E-state index is 0.0218. The Morgan fingerprint density at radius 3 is 2.37 bits per heavy atom. The number of hydrogen-bond donors (Lipinski definition) is 2. The molecule has 0 radical (unpaired) electrons. The molecule has 2 rings (SSSR count). The highest BCUT2D eigenvalue weighted by Crippen LogP contribution is 2.21. The zero-order valence-electron chi connectivity index (χ0n) is 10.9. The van der Waals surface area contributed by atoms with E-state index in [-0.39, 0.29) is 10.9 Å². The van der Waals surface area contributed by atoms with E-state index < -0.39 is 10.0 Å². The molecule has 1 aromatic carbocycles. The molecule has 1 aromatic rings. The topological polar surface area (TPSA) is 58.2 Å². The summed E-state index contributed by atoms with van der Waals surface area (Å²) in [6.45, 7) is 0. The van der Waals surface area contributed by atoms with Crippen LogP contribution in [0.25, 0.3) is 0 Å². The first-order valence-corrected chi connectivity index (χ1v) is 8.32. The second kappa shape index (κ2) is 6.22. The van der Waals surface area contributed by atoms with Gasteiger partial charge in [0.1, 0.15) is 0 Å². The molecule has 19 heavy (non-hydrogen) atoms. The number of rotatable bonds is 4. The summed E-state index contributed by atoms with van der Waals surface area (Å²) in [4.78, 5) is 0.232. The monoisotopic (exact) mass is 302 g/mol. The Labute approximate surface area is 119 Å². The van der Waals surface area contributed by atoms with Crippen LogP contribution in [0.1, 0.15) is 25.7 Å². The van der Waals surface area contributed by atoms with Gasteiger partial charge in [-0.3, -0.25) is 0 Å². The van der Waals surface area contributed by atoms with Crippen molar-refractivity contribution in [2.75, 3.05) is 7.05 Å². The maximum Gasteiger partial charge on any atom is 0.240 e. The summed E-state index contributed by atoms with van der Waals surface area (Å²) in [7, 11) is -1.52. The predicted molar refractivity (Wildman–Crippen MR) is 76.9 cm³/mol. The molecule has 0 spiro atoms. The minimum atomic E-state index is -3.46. The SMILES string of the molecule is CNC1CCC(NS(=O)(=O)c2cccc(Cl)c2)CC1. The first kappa shape index (κ1) is 14.8. The maximum absolute atomic E-state index is 12.2. The van der Waals surface area contributed by atoms with Crippen LogP contribution in [0.4, 0.5) is 0 Å². The van der Waals surface area contributed by atoms with Gasteiger partial charge in [0.15, 0.2) is 0 Å². The van der Waals surface area contributed by atoms with Crippen molar-refractivity contribution in [3.8, 4) is 0 Å². The van der Waals surface area contributed by atoms with Gasteiger partial charge in [-0.2, -0.15) is 0 Å². The quantitative estimate of drug-likeness (QED) is 0.896. The van der Waals surface area contributed by atoms with Crippen LogP contribution in [0.5, 0.6) is 0 Å². The molecule has 0 amide bonds. The predicted octanol–water partition coefficient (Wildman–Crippen LogP) is 2.15. The van der Waals surface area contributed by atoms with Crippen molar-refractivity contribution in [3.63, 3.8) is 0 Å². The van der Waals surface area contributed by atoms with E-state index in [1.165, 1.54) is 6.07 Å². The minimum Gasteiger partial charge on any atom is -0.317 e. The summed E-state index contributed by atoms with van der Waals surface area (Å²) in [5.41, 5.74) is 0. The second-order valence-electron chi connectivity index (χ2n) is 4.92. The highest BCUT2D eigenvalue weighted by molar-refractivity contribution is 7.89. The van der Waals surface area contributed by atoms with Gasteiger partial charge in [-0.25, -0.2) is 13.1 Å². The van der Waals surface area contributed by atoms with Gasteiger partial charge in [0.2, 0.25) is 10.0 Å². The third-order valence-corrected chi connectivity index (χ3v) is 5.32. The molecule has 0 aromatic heterocycles. The molecule has 0 saturated heterocycles. The van der Waals surface area contributed by atoms with E-state index in [1.54, 1.807) is 18.2 Å². The molecule has 0 aliphatic heterocycles. The molecule has 0 unspecified atom stereocenters. The third kappa shape index (κ3) is 3.92. The lowest BCUT2D eigenvalue weighted by Crippen LogP contribution is -2.41. The van der Waals surface area contributed by atoms with Crippen molar-refractivity contribution in [2.24, 2.45) is 0 Å². The van der Waals surface area contributed by atoms with Gasteiger partial charge < -0.3 is 5.32 Å². The van der Waals surface area contributed by atoms with Crippen LogP contribution in [0, 0.1) is 0 Å². The van der Waals surface area contributed by atoms with E-state index in [4.69, 9.17) is 11.6 Å². The average Bonchev–Trinajstić information content (AvgIpc) is 2.39. The van der Waals surface area contributed by atoms with Gasteiger partial charge in [0.25, 0.3) is 0 Å². The van der Waals surface area contributed by atoms with E-state index in [1.807, 2.05) is 7.05 Å². The Morgan fingerprint density at radius 2 is 1.79 bits per heavy atom. The number of halogens is 1. The van der Waals surface area contributed by atoms with Crippen LogP contribution < -0.4 is 10.0 Å². The molecule has 2 N–H and O–H groups in total. The molecule has 106 valence electrons. The van der Waals surface area contributed by atoms with Crippen LogP contribution in [-0.2, 0) is 10.0 Å². The standard InChI is InChI=1S/C13H19ClN2O2S/c1-15-11-5-7-12(8-6-11)16-19(17,18)13-4-2-3-10(14)9-13/h2-4,9,11-12,15-16H,5-8H2,1H3. The van der Waals surface area contributed by atoms with Crippen molar-refractivity contribution in [1.29, 1.82) is 0 Å². The molecule has 0 heterocycles. The smallest absolute Gasteiger partial charge is 0.240 e. The van der Waals surface area contributed by atoms with Crippen LogP contribution in [-0.4, -0.2) is 27.5 Å². The lowest BCUT2D eigenvalue weighted by Gasteiger charge is -2.28. The number of nitrogens with one attached hydrogen (secondary N) is 2. The Kier molecular flexibility index (Phi) is 4.84. The first-order chi connectivity index (χ1) is 9.01. The highest BCUT2D eigenvalue weighted by atomic mass is 35.5. The third-order valence-electron chi connectivity index (χ3n) is 3.56. The molecule has 1 fully saturated rings. The molecule has 1 saturated carbocycles. The van der Waals surface area contributed by atoms with E-state index in [0.29, 0.717) is 11.1 Å². The summed E-state index contributed by atoms with van der Waals surface area (Å²) in [5, 5.41) is 3.66. The van der Waals surface area contributed by atoms with Gasteiger partial charge >= 0.3 is 0 Å². The fourth-order valence-electron chi connectivity index (χ4n) is 2.42. The maximum atomic E-state index is 12.2. The van der Waals surface area contributed by atoms with E-state index in [2.05, 4.69) is 10.0 Å². The number of benzene rings is 1. The zero-order valence-corrected chi connectivity index (χ0v) is 12.5. The van der Waals surface area contributed by atoms with E-state index >= 15 is 0 Å². The second-order valence-corrected chi connectivity index (χ2v) is 7.07. The molecule has 0 bridgehead atoms. The Balaban J connectivity index is 2.02. The zero-order chi connectivity index (χ0) is 13.9. The van der Waals surface area contributed by atoms with Crippen molar-refractivity contribution in [3.05, 3.63) is 29.3 Å². The van der Waals surface area contributed by atoms with Crippen LogP contribution in [0.15, 0.2) is 29.2 Å². The van der Waals surface area contributed by atoms with Crippen LogP contribution in [0.2, 0.25) is 5.02 Å². The Morgan fingerprint density at radius 1 is 1.16 bits per heavy atom. The summed E-state index contributed by atoms with van der Waals surface area (Å²) < 4.78 is 27.2. The highest BCUT2D eigenvalue weighted by Gasteiger charge is 2.25. The lowest BCUT2D eigenvalue weighted by molar-refractivity contribution is 0.343. The van der Waals surface area contributed by atoms with Gasteiger partial charge in [0, 0.05) is 17.1 Å². The molecule has 1 aliphatic carbocycles. The molecule has 0 atom stereocenters. The number of sulfonamides is 1. The molecular formula is C13H19ClN2O2S. The number of hydrogen-bond acceptors (Lipinski definition) is 3. The van der Waals surface area contributed by atoms with Crippen LogP contribution >= 0.6 is 11.6 Å². The normalized spacial score (nSPS) is 24.3.